The number of aryl methyl sites for hydroxylation is 1. The van der Waals surface area contributed by atoms with Crippen LogP contribution in [0.2, 0.25) is 0 Å². The molecular formula is C17H16O. The quantitative estimate of drug-likeness (QED) is 0.720. The summed E-state index contributed by atoms with van der Waals surface area (Å²) in [4.78, 5) is 0. The van der Waals surface area contributed by atoms with Crippen molar-refractivity contribution in [3.05, 3.63) is 70.8 Å². The maximum Gasteiger partial charge on any atom is 0.127 e. The Morgan fingerprint density at radius 3 is 2.39 bits per heavy atom. The van der Waals surface area contributed by atoms with Gasteiger partial charge in [0.05, 0.1) is 0 Å². The van der Waals surface area contributed by atoms with Gasteiger partial charge in [0, 0.05) is 5.56 Å². The van der Waals surface area contributed by atoms with Crippen LogP contribution < -0.4 is 4.74 Å². The summed E-state index contributed by atoms with van der Waals surface area (Å²) in [6.45, 7) is 4.94. The van der Waals surface area contributed by atoms with Gasteiger partial charge in [-0.05, 0) is 36.6 Å². The standard InChI is InChI=1S/C17H16O/c1-12-7-9-14(10-8-12)17-13(2)11-18-16-6-4-3-5-15(16)17/h3-10H,11H2,1-2H3. The lowest BCUT2D eigenvalue weighted by Gasteiger charge is -2.22. The molecule has 2 aromatic rings. The molecule has 18 heavy (non-hydrogen) atoms. The Morgan fingerprint density at radius 1 is 0.889 bits per heavy atom. The van der Waals surface area contributed by atoms with Crippen LogP contribution in [0.3, 0.4) is 0 Å². The van der Waals surface area contributed by atoms with E-state index in [0.717, 1.165) is 5.75 Å². The van der Waals surface area contributed by atoms with E-state index in [0.29, 0.717) is 6.61 Å². The van der Waals surface area contributed by atoms with Crippen LogP contribution in [0.15, 0.2) is 54.1 Å². The molecule has 0 saturated carbocycles. The van der Waals surface area contributed by atoms with Crippen LogP contribution >= 0.6 is 0 Å². The molecule has 1 heterocycles. The molecule has 0 amide bonds. The predicted octanol–water partition coefficient (Wildman–Crippen LogP) is 4.21. The van der Waals surface area contributed by atoms with Crippen LogP contribution in [0.1, 0.15) is 23.6 Å². The highest BCUT2D eigenvalue weighted by atomic mass is 16.5. The minimum absolute atomic E-state index is 0.681. The SMILES string of the molecule is CC1=C(c2ccc(C)cc2)c2ccccc2OC1. The summed E-state index contributed by atoms with van der Waals surface area (Å²) in [6, 6.07) is 17.0. The molecule has 2 aromatic carbocycles. The fourth-order valence-electron chi connectivity index (χ4n) is 2.41. The number of hydrogen-bond acceptors (Lipinski definition) is 1. The first kappa shape index (κ1) is 11.1. The van der Waals surface area contributed by atoms with Crippen LogP contribution in [0.4, 0.5) is 0 Å². The first-order valence-corrected chi connectivity index (χ1v) is 6.25. The molecule has 1 aliphatic heterocycles. The molecule has 0 aromatic heterocycles. The highest BCUT2D eigenvalue weighted by molar-refractivity contribution is 5.85. The smallest absolute Gasteiger partial charge is 0.127 e. The molecule has 90 valence electrons. The Balaban J connectivity index is 2.17. The van der Waals surface area contributed by atoms with E-state index >= 15 is 0 Å². The van der Waals surface area contributed by atoms with Gasteiger partial charge in [-0.15, -0.1) is 0 Å². The molecule has 0 unspecified atom stereocenters. The molecule has 0 saturated heterocycles. The molecular weight excluding hydrogens is 220 g/mol. The average Bonchev–Trinajstić information content (AvgIpc) is 2.40. The van der Waals surface area contributed by atoms with Crippen molar-refractivity contribution in [1.29, 1.82) is 0 Å². The lowest BCUT2D eigenvalue weighted by molar-refractivity contribution is 0.346. The van der Waals surface area contributed by atoms with E-state index in [2.05, 4.69) is 50.2 Å². The molecule has 0 N–H and O–H groups in total. The maximum absolute atomic E-state index is 5.75. The van der Waals surface area contributed by atoms with Crippen LogP contribution in [0.5, 0.6) is 5.75 Å². The van der Waals surface area contributed by atoms with Crippen molar-refractivity contribution in [2.75, 3.05) is 6.61 Å². The van der Waals surface area contributed by atoms with Gasteiger partial charge in [0.25, 0.3) is 0 Å². The maximum atomic E-state index is 5.75. The van der Waals surface area contributed by atoms with Gasteiger partial charge in [-0.1, -0.05) is 48.0 Å². The summed E-state index contributed by atoms with van der Waals surface area (Å²) >= 11 is 0. The predicted molar refractivity (Wildman–Crippen MR) is 74.8 cm³/mol. The van der Waals surface area contributed by atoms with Crippen LogP contribution in [-0.2, 0) is 0 Å². The van der Waals surface area contributed by atoms with Crippen LogP contribution in [0.25, 0.3) is 5.57 Å². The Kier molecular flexibility index (Phi) is 2.67. The molecule has 3 rings (SSSR count). The van der Waals surface area contributed by atoms with E-state index in [-0.39, 0.29) is 0 Å². The van der Waals surface area contributed by atoms with Gasteiger partial charge in [0.1, 0.15) is 12.4 Å². The summed E-state index contributed by atoms with van der Waals surface area (Å²) < 4.78 is 5.75. The summed E-state index contributed by atoms with van der Waals surface area (Å²) in [5.74, 6) is 0.985. The van der Waals surface area contributed by atoms with Crippen molar-refractivity contribution >= 4 is 5.57 Å². The largest absolute Gasteiger partial charge is 0.489 e. The minimum Gasteiger partial charge on any atom is -0.489 e. The zero-order valence-corrected chi connectivity index (χ0v) is 10.7. The molecule has 0 bridgehead atoms. The fraction of sp³-hybridized carbons (Fsp3) is 0.176. The van der Waals surface area contributed by atoms with Crippen molar-refractivity contribution < 1.29 is 4.74 Å². The Morgan fingerprint density at radius 2 is 1.61 bits per heavy atom. The van der Waals surface area contributed by atoms with Gasteiger partial charge < -0.3 is 4.74 Å². The number of benzene rings is 2. The van der Waals surface area contributed by atoms with Gasteiger partial charge in [0.15, 0.2) is 0 Å². The van der Waals surface area contributed by atoms with E-state index in [1.165, 1.54) is 27.8 Å². The summed E-state index contributed by atoms with van der Waals surface area (Å²) in [6.07, 6.45) is 0. The molecule has 0 radical (unpaired) electrons. The molecule has 0 spiro atoms. The van der Waals surface area contributed by atoms with Gasteiger partial charge in [0.2, 0.25) is 0 Å². The van der Waals surface area contributed by atoms with E-state index in [1.807, 2.05) is 12.1 Å². The first-order chi connectivity index (χ1) is 8.75. The highest BCUT2D eigenvalue weighted by Gasteiger charge is 2.18. The summed E-state index contributed by atoms with van der Waals surface area (Å²) in [7, 11) is 0. The zero-order valence-electron chi connectivity index (χ0n) is 10.7. The number of hydrogen-bond donors (Lipinski definition) is 0. The third kappa shape index (κ3) is 1.82. The number of ether oxygens (including phenoxy) is 1. The van der Waals surface area contributed by atoms with Gasteiger partial charge >= 0.3 is 0 Å². The molecule has 1 aliphatic rings. The molecule has 1 nitrogen and oxygen atoms in total. The van der Waals surface area contributed by atoms with E-state index < -0.39 is 0 Å². The average molecular weight is 236 g/mol. The van der Waals surface area contributed by atoms with Crippen LogP contribution in [0, 0.1) is 6.92 Å². The van der Waals surface area contributed by atoms with Crippen molar-refractivity contribution in [1.82, 2.24) is 0 Å². The second kappa shape index (κ2) is 4.34. The normalized spacial score (nSPS) is 14.1. The van der Waals surface area contributed by atoms with Crippen molar-refractivity contribution in [2.45, 2.75) is 13.8 Å². The van der Waals surface area contributed by atoms with Crippen molar-refractivity contribution in [3.63, 3.8) is 0 Å². The third-order valence-corrected chi connectivity index (χ3v) is 3.37. The molecule has 1 heteroatoms. The van der Waals surface area contributed by atoms with Gasteiger partial charge in [-0.3, -0.25) is 0 Å². The molecule has 0 fully saturated rings. The van der Waals surface area contributed by atoms with E-state index in [9.17, 15) is 0 Å². The molecule has 0 aliphatic carbocycles. The fourth-order valence-corrected chi connectivity index (χ4v) is 2.41. The topological polar surface area (TPSA) is 9.23 Å². The van der Waals surface area contributed by atoms with Gasteiger partial charge in [-0.2, -0.15) is 0 Å². The lowest BCUT2D eigenvalue weighted by atomic mass is 9.91. The first-order valence-electron chi connectivity index (χ1n) is 6.25. The second-order valence-corrected chi connectivity index (χ2v) is 4.81. The minimum atomic E-state index is 0.681. The van der Waals surface area contributed by atoms with Crippen molar-refractivity contribution in [3.8, 4) is 5.75 Å². The number of fused-ring (bicyclic) bond motifs is 1. The Hall–Kier alpha value is -2.02. The van der Waals surface area contributed by atoms with E-state index in [4.69, 9.17) is 4.74 Å². The monoisotopic (exact) mass is 236 g/mol. The Bertz CT molecular complexity index is 606. The van der Waals surface area contributed by atoms with Crippen molar-refractivity contribution in [2.24, 2.45) is 0 Å². The lowest BCUT2D eigenvalue weighted by Crippen LogP contribution is -2.10. The summed E-state index contributed by atoms with van der Waals surface area (Å²) in [5, 5.41) is 0. The van der Waals surface area contributed by atoms with E-state index in [1.54, 1.807) is 0 Å². The Labute approximate surface area is 108 Å². The highest BCUT2D eigenvalue weighted by Crippen LogP contribution is 2.36. The third-order valence-electron chi connectivity index (χ3n) is 3.37. The van der Waals surface area contributed by atoms with Gasteiger partial charge in [-0.25, -0.2) is 0 Å². The second-order valence-electron chi connectivity index (χ2n) is 4.81. The summed E-state index contributed by atoms with van der Waals surface area (Å²) in [5.41, 5.74) is 6.37. The zero-order chi connectivity index (χ0) is 12.5. The number of rotatable bonds is 1. The molecule has 0 atom stereocenters. The number of para-hydroxylation sites is 1. The van der Waals surface area contributed by atoms with Crippen LogP contribution in [-0.4, -0.2) is 6.61 Å².